The minimum Gasteiger partial charge on any atom is -0.387 e. The van der Waals surface area contributed by atoms with E-state index in [1.165, 1.54) is 15.8 Å². The van der Waals surface area contributed by atoms with Crippen molar-refractivity contribution in [2.45, 2.75) is 63.2 Å². The number of rotatable bonds is 8. The Bertz CT molecular complexity index is 1120. The van der Waals surface area contributed by atoms with Crippen molar-refractivity contribution in [3.8, 4) is 0 Å². The molecule has 1 saturated heterocycles. The molecule has 2 fully saturated rings. The van der Waals surface area contributed by atoms with E-state index in [1.807, 2.05) is 11.9 Å². The van der Waals surface area contributed by atoms with E-state index in [9.17, 15) is 19.6 Å². The summed E-state index contributed by atoms with van der Waals surface area (Å²) in [6.07, 6.45) is -0.00505. The quantitative estimate of drug-likeness (QED) is 0.275. The Kier molecular flexibility index (Phi) is 7.68. The number of carbonyl (C=O) groups excluding carboxylic acids is 1. The molecule has 15 heteroatoms. The molecule has 1 aliphatic carbocycles. The number of nitrogens with zero attached hydrogens (tertiary/aromatic N) is 6. The fourth-order valence-electron chi connectivity index (χ4n) is 4.78. The lowest BCUT2D eigenvalue weighted by atomic mass is 10.1. The Labute approximate surface area is 206 Å². The van der Waals surface area contributed by atoms with Gasteiger partial charge in [0, 0.05) is 26.2 Å². The van der Waals surface area contributed by atoms with Gasteiger partial charge in [0.2, 0.25) is 11.2 Å². The summed E-state index contributed by atoms with van der Waals surface area (Å²) in [5.41, 5.74) is 0.802. The number of anilines is 1. The monoisotopic (exact) mass is 532 g/mol. The minimum absolute atomic E-state index is 0.00359. The van der Waals surface area contributed by atoms with Crippen molar-refractivity contribution >= 4 is 42.1 Å². The molecule has 0 unspecified atom stereocenters. The summed E-state index contributed by atoms with van der Waals surface area (Å²) in [6.45, 7) is 1.61. The fraction of sp³-hybridized carbons (Fsp3) is 0.700. The normalized spacial score (nSPS) is 25.5. The third kappa shape index (κ3) is 5.46. The lowest BCUT2D eigenvalue weighted by molar-refractivity contribution is -0.131. The highest BCUT2D eigenvalue weighted by molar-refractivity contribution is 7.52. The van der Waals surface area contributed by atoms with E-state index >= 15 is 0 Å². The van der Waals surface area contributed by atoms with Gasteiger partial charge in [0.15, 0.2) is 23.2 Å². The second-order valence-corrected chi connectivity index (χ2v) is 11.0. The summed E-state index contributed by atoms with van der Waals surface area (Å²) in [6, 6.07) is 0.305. The molecule has 2 aliphatic rings. The van der Waals surface area contributed by atoms with Gasteiger partial charge < -0.3 is 34.5 Å². The number of aliphatic hydroxyl groups excluding tert-OH is 2. The number of imidazole rings is 1. The average Bonchev–Trinajstić information content (AvgIpc) is 3.51. The smallest absolute Gasteiger partial charge is 0.334 e. The third-order valence-electron chi connectivity index (χ3n) is 6.67. The van der Waals surface area contributed by atoms with E-state index in [-0.39, 0.29) is 18.4 Å². The van der Waals surface area contributed by atoms with Crippen LogP contribution in [0.2, 0.25) is 5.28 Å². The highest BCUT2D eigenvalue weighted by Crippen LogP contribution is 2.37. The van der Waals surface area contributed by atoms with Crippen molar-refractivity contribution in [2.75, 3.05) is 31.2 Å². The molecule has 2 aromatic rings. The number of carbonyl (C=O) groups is 1. The predicted octanol–water partition coefficient (Wildman–Crippen LogP) is 0.504. The van der Waals surface area contributed by atoms with Gasteiger partial charge in [-0.1, -0.05) is 12.8 Å². The molecule has 4 rings (SSSR count). The highest BCUT2D eigenvalue weighted by atomic mass is 35.5. The Balaban J connectivity index is 1.58. The lowest BCUT2D eigenvalue weighted by Crippen LogP contribution is -2.43. The van der Waals surface area contributed by atoms with E-state index in [4.69, 9.17) is 26.1 Å². The highest BCUT2D eigenvalue weighted by Gasteiger charge is 2.45. The summed E-state index contributed by atoms with van der Waals surface area (Å²) >= 11 is 6.23. The maximum atomic E-state index is 12.3. The zero-order chi connectivity index (χ0) is 25.5. The van der Waals surface area contributed by atoms with Gasteiger partial charge in [-0.3, -0.25) is 13.9 Å². The van der Waals surface area contributed by atoms with Crippen LogP contribution in [0.3, 0.4) is 0 Å². The van der Waals surface area contributed by atoms with Crippen LogP contribution in [0, 0.1) is 0 Å². The van der Waals surface area contributed by atoms with Crippen molar-refractivity contribution < 1.29 is 34.1 Å². The van der Waals surface area contributed by atoms with E-state index in [0.717, 1.165) is 25.7 Å². The van der Waals surface area contributed by atoms with Gasteiger partial charge in [0.1, 0.15) is 24.5 Å². The maximum Gasteiger partial charge on any atom is 0.334 e. The van der Waals surface area contributed by atoms with E-state index < -0.39 is 44.2 Å². The van der Waals surface area contributed by atoms with Crippen LogP contribution in [0.1, 0.15) is 38.8 Å². The Morgan fingerprint density at radius 1 is 1.26 bits per heavy atom. The number of fused-ring (bicyclic) bond motifs is 1. The number of aromatic nitrogens is 4. The van der Waals surface area contributed by atoms with Crippen molar-refractivity contribution in [2.24, 2.45) is 0 Å². The van der Waals surface area contributed by atoms with Crippen LogP contribution in [-0.4, -0.2) is 101 Å². The van der Waals surface area contributed by atoms with Gasteiger partial charge in [0.25, 0.3) is 0 Å². The van der Waals surface area contributed by atoms with Crippen LogP contribution in [0.25, 0.3) is 11.2 Å². The van der Waals surface area contributed by atoms with Crippen molar-refractivity contribution in [1.82, 2.24) is 24.4 Å². The fourth-order valence-corrected chi connectivity index (χ4v) is 5.50. The first kappa shape index (κ1) is 26.2. The number of amides is 1. The van der Waals surface area contributed by atoms with E-state index in [2.05, 4.69) is 15.0 Å². The molecule has 35 heavy (non-hydrogen) atoms. The molecule has 0 radical (unpaired) electrons. The van der Waals surface area contributed by atoms with Crippen LogP contribution in [-0.2, 0) is 14.1 Å². The lowest BCUT2D eigenvalue weighted by Gasteiger charge is -2.26. The number of hydrogen-bond donors (Lipinski definition) is 4. The van der Waals surface area contributed by atoms with Crippen LogP contribution in [0.5, 0.6) is 0 Å². The predicted molar refractivity (Wildman–Crippen MR) is 126 cm³/mol. The number of likely N-dealkylation sites (N-methyl/N-ethyl adjacent to an activating group) is 1. The zero-order valence-electron chi connectivity index (χ0n) is 19.4. The minimum atomic E-state index is -4.55. The van der Waals surface area contributed by atoms with Gasteiger partial charge in [-0.25, -0.2) is 4.98 Å². The van der Waals surface area contributed by atoms with Gasteiger partial charge >= 0.3 is 7.60 Å². The van der Waals surface area contributed by atoms with Crippen LogP contribution in [0.4, 0.5) is 5.82 Å². The molecule has 13 nitrogen and oxygen atoms in total. The molecular weight excluding hydrogens is 503 g/mol. The van der Waals surface area contributed by atoms with E-state index in [1.54, 1.807) is 6.92 Å². The second kappa shape index (κ2) is 10.3. The van der Waals surface area contributed by atoms with Crippen molar-refractivity contribution in [1.29, 1.82) is 0 Å². The van der Waals surface area contributed by atoms with Gasteiger partial charge in [-0.2, -0.15) is 9.97 Å². The number of hydrogen-bond acceptors (Lipinski definition) is 9. The molecule has 2 aromatic heterocycles. The van der Waals surface area contributed by atoms with Crippen molar-refractivity contribution in [3.63, 3.8) is 0 Å². The molecule has 0 aromatic carbocycles. The van der Waals surface area contributed by atoms with Gasteiger partial charge in [-0.15, -0.1) is 0 Å². The van der Waals surface area contributed by atoms with Crippen LogP contribution in [0.15, 0.2) is 6.33 Å². The van der Waals surface area contributed by atoms with Crippen LogP contribution < -0.4 is 4.90 Å². The largest absolute Gasteiger partial charge is 0.387 e. The van der Waals surface area contributed by atoms with E-state index in [0.29, 0.717) is 23.0 Å². The molecule has 194 valence electrons. The van der Waals surface area contributed by atoms with Gasteiger partial charge in [-0.05, 0) is 31.4 Å². The summed E-state index contributed by atoms with van der Waals surface area (Å²) in [4.78, 5) is 46.8. The molecule has 4 atom stereocenters. The molecule has 0 spiro atoms. The zero-order valence-corrected chi connectivity index (χ0v) is 21.1. The number of halogens is 1. The Morgan fingerprint density at radius 2 is 1.94 bits per heavy atom. The number of ether oxygens (including phenoxy) is 1. The summed E-state index contributed by atoms with van der Waals surface area (Å²) < 4.78 is 18.6. The molecule has 1 amide bonds. The SMILES string of the molecule is CCN(C[C@H]1O[C@@H](n2cnc3c(N(C)C4CCCC4)nc(Cl)nc32)[C@H](O)[C@@H]1O)C(=O)CP(=O)(O)O. The first-order valence-corrected chi connectivity index (χ1v) is 13.6. The summed E-state index contributed by atoms with van der Waals surface area (Å²) in [7, 11) is -2.62. The second-order valence-electron chi connectivity index (χ2n) is 8.99. The standard InChI is InChI=1S/C20H30ClN6O7P/c1-3-26(13(28)9-35(31,32)33)8-12-15(29)16(30)19(34-12)27-10-22-14-17(23-20(21)24-18(14)27)25(2)11-6-4-5-7-11/h10-12,15-16,19,29-30H,3-9H2,1-2H3,(H2,31,32,33)/t12-,15-,16-,19-/m1/s1. The molecule has 4 N–H and O–H groups in total. The molecular formula is C20H30ClN6O7P. The van der Waals surface area contributed by atoms with Crippen LogP contribution >= 0.6 is 19.2 Å². The topological polar surface area (TPSA) is 174 Å². The third-order valence-corrected chi connectivity index (χ3v) is 7.52. The first-order valence-electron chi connectivity index (χ1n) is 11.5. The Hall–Kier alpha value is -1.86. The molecule has 0 bridgehead atoms. The molecule has 3 heterocycles. The van der Waals surface area contributed by atoms with Gasteiger partial charge in [0.05, 0.1) is 6.33 Å². The van der Waals surface area contributed by atoms with Crippen molar-refractivity contribution in [3.05, 3.63) is 11.6 Å². The summed E-state index contributed by atoms with van der Waals surface area (Å²) in [5, 5.41) is 21.4. The number of aliphatic hydroxyl groups is 2. The maximum absolute atomic E-state index is 12.3. The molecule has 1 saturated carbocycles. The first-order chi connectivity index (χ1) is 16.5. The molecule has 1 aliphatic heterocycles. The summed E-state index contributed by atoms with van der Waals surface area (Å²) in [5.74, 6) is -0.211. The Morgan fingerprint density at radius 3 is 2.57 bits per heavy atom. The average molecular weight is 533 g/mol.